The Bertz CT molecular complexity index is 2480. The Hall–Kier alpha value is -5.61. The lowest BCUT2D eigenvalue weighted by Gasteiger charge is -2.27. The van der Waals surface area contributed by atoms with E-state index < -0.39 is 0 Å². The number of dihydropyridines is 1. The van der Waals surface area contributed by atoms with Gasteiger partial charge in [-0.2, -0.15) is 0 Å². The summed E-state index contributed by atoms with van der Waals surface area (Å²) in [6.07, 6.45) is 9.72. The van der Waals surface area contributed by atoms with Gasteiger partial charge in [0, 0.05) is 45.1 Å². The molecule has 10 rings (SSSR count). The molecule has 0 spiro atoms. The average Bonchev–Trinajstić information content (AvgIpc) is 3.74. The van der Waals surface area contributed by atoms with Crippen molar-refractivity contribution in [3.8, 4) is 0 Å². The quantitative estimate of drug-likeness (QED) is 0.195. The number of nitrogens with zero attached hydrogens (tertiary/aromatic N) is 4. The van der Waals surface area contributed by atoms with Gasteiger partial charge in [0.2, 0.25) is 0 Å². The summed E-state index contributed by atoms with van der Waals surface area (Å²) in [4.78, 5) is 5.66. The highest BCUT2D eigenvalue weighted by Gasteiger charge is 2.28. The molecule has 0 amide bonds. The average molecular weight is 579 g/mol. The van der Waals surface area contributed by atoms with Crippen LogP contribution in [0.5, 0.6) is 0 Å². The fourth-order valence-corrected chi connectivity index (χ4v) is 8.00. The number of aromatic nitrogens is 3. The van der Waals surface area contributed by atoms with Crippen molar-refractivity contribution in [2.45, 2.75) is 25.4 Å². The molecule has 4 heteroatoms. The molecule has 5 aromatic carbocycles. The Kier molecular flexibility index (Phi) is 5.20. The monoisotopic (exact) mass is 578 g/mol. The summed E-state index contributed by atoms with van der Waals surface area (Å²) < 4.78 is 7.36. The molecule has 214 valence electrons. The van der Waals surface area contributed by atoms with Gasteiger partial charge in [-0.15, -0.1) is 0 Å². The zero-order valence-electron chi connectivity index (χ0n) is 24.8. The van der Waals surface area contributed by atoms with E-state index in [1.165, 1.54) is 71.5 Å². The maximum atomic E-state index is 5.66. The second-order valence-corrected chi connectivity index (χ2v) is 12.2. The zero-order chi connectivity index (χ0) is 29.5. The van der Waals surface area contributed by atoms with Gasteiger partial charge in [-0.25, -0.2) is 4.99 Å². The van der Waals surface area contributed by atoms with E-state index in [0.717, 1.165) is 25.1 Å². The Balaban J connectivity index is 1.30. The van der Waals surface area contributed by atoms with E-state index >= 15 is 0 Å². The van der Waals surface area contributed by atoms with Crippen LogP contribution in [0, 0.1) is 0 Å². The molecule has 4 nitrogen and oxygen atoms in total. The van der Waals surface area contributed by atoms with Crippen LogP contribution < -0.4 is 0 Å². The minimum absolute atomic E-state index is 0.130. The first-order chi connectivity index (χ1) is 22.3. The van der Waals surface area contributed by atoms with Gasteiger partial charge in [0.1, 0.15) is 12.0 Å². The summed E-state index contributed by atoms with van der Waals surface area (Å²) in [5.74, 6) is 0.981. The van der Waals surface area contributed by atoms with Crippen molar-refractivity contribution in [3.63, 3.8) is 0 Å². The van der Waals surface area contributed by atoms with Crippen molar-refractivity contribution in [2.24, 2.45) is 4.99 Å². The molecule has 8 aromatic rings. The summed E-state index contributed by atoms with van der Waals surface area (Å²) in [5.41, 5.74) is 10.0. The van der Waals surface area contributed by atoms with Gasteiger partial charge < -0.3 is 9.13 Å². The van der Waals surface area contributed by atoms with Gasteiger partial charge in [-0.3, -0.25) is 4.57 Å². The van der Waals surface area contributed by atoms with Crippen molar-refractivity contribution in [1.82, 2.24) is 13.7 Å². The van der Waals surface area contributed by atoms with Crippen LogP contribution >= 0.6 is 0 Å². The summed E-state index contributed by atoms with van der Waals surface area (Å²) >= 11 is 0. The van der Waals surface area contributed by atoms with Gasteiger partial charge in [0.05, 0.1) is 33.3 Å². The van der Waals surface area contributed by atoms with Crippen molar-refractivity contribution in [2.75, 3.05) is 0 Å². The van der Waals surface area contributed by atoms with E-state index in [4.69, 9.17) is 4.99 Å². The first-order valence-corrected chi connectivity index (χ1v) is 15.9. The molecule has 0 saturated heterocycles. The third-order valence-electron chi connectivity index (χ3n) is 9.84. The Morgan fingerprint density at radius 2 is 1.02 bits per heavy atom. The maximum absolute atomic E-state index is 5.66. The van der Waals surface area contributed by atoms with Crippen LogP contribution in [0.4, 0.5) is 0 Å². The van der Waals surface area contributed by atoms with Crippen molar-refractivity contribution in [1.29, 1.82) is 0 Å². The van der Waals surface area contributed by atoms with Gasteiger partial charge in [-0.1, -0.05) is 97.1 Å². The van der Waals surface area contributed by atoms with Crippen LogP contribution in [0.1, 0.15) is 30.3 Å². The maximum Gasteiger partial charge on any atom is 0.136 e. The lowest BCUT2D eigenvalue weighted by molar-refractivity contribution is 0.557. The SMILES string of the molecule is C1=Cc2c(c3ccccc3n2C2=NC(n3c4ccccc4c4ccccc43)CC(n3c4ccccc4c4ccccc43)=C2)CC1. The van der Waals surface area contributed by atoms with E-state index in [1.807, 2.05) is 0 Å². The molecule has 0 fully saturated rings. The molecule has 45 heavy (non-hydrogen) atoms. The first kappa shape index (κ1) is 24.8. The third-order valence-corrected chi connectivity index (χ3v) is 9.84. The van der Waals surface area contributed by atoms with Crippen molar-refractivity contribution >= 4 is 72.1 Å². The van der Waals surface area contributed by atoms with Crippen LogP contribution in [0.2, 0.25) is 0 Å². The number of aryl methyl sites for hydroxylation is 1. The number of hydrogen-bond donors (Lipinski definition) is 0. The molecule has 4 heterocycles. The van der Waals surface area contributed by atoms with Crippen LogP contribution in [-0.2, 0) is 6.42 Å². The van der Waals surface area contributed by atoms with Gasteiger partial charge >= 0.3 is 0 Å². The minimum Gasteiger partial charge on any atom is -0.317 e. The fourth-order valence-electron chi connectivity index (χ4n) is 8.00. The van der Waals surface area contributed by atoms with Gasteiger partial charge in [0.15, 0.2) is 0 Å². The number of hydrogen-bond acceptors (Lipinski definition) is 1. The molecule has 0 saturated carbocycles. The van der Waals surface area contributed by atoms with E-state index in [2.05, 4.69) is 153 Å². The predicted molar refractivity (Wildman–Crippen MR) is 189 cm³/mol. The molecular weight excluding hydrogens is 548 g/mol. The van der Waals surface area contributed by atoms with Crippen LogP contribution in [0.25, 0.3) is 66.3 Å². The Morgan fingerprint density at radius 1 is 0.533 bits per heavy atom. The highest BCUT2D eigenvalue weighted by Crippen LogP contribution is 2.41. The second kappa shape index (κ2) is 9.44. The van der Waals surface area contributed by atoms with Gasteiger partial charge in [0.25, 0.3) is 0 Å². The number of para-hydroxylation sites is 5. The molecule has 1 aliphatic carbocycles. The van der Waals surface area contributed by atoms with E-state index in [9.17, 15) is 0 Å². The summed E-state index contributed by atoms with van der Waals surface area (Å²) in [7, 11) is 0. The topological polar surface area (TPSA) is 27.1 Å². The highest BCUT2D eigenvalue weighted by molar-refractivity contribution is 6.13. The number of allylic oxidation sites excluding steroid dienone is 2. The smallest absolute Gasteiger partial charge is 0.136 e. The van der Waals surface area contributed by atoms with Crippen molar-refractivity contribution < 1.29 is 0 Å². The molecule has 1 atom stereocenters. The number of aliphatic imine (C=N–C) groups is 1. The molecule has 1 unspecified atom stereocenters. The molecule has 3 aromatic heterocycles. The first-order valence-electron chi connectivity index (χ1n) is 15.9. The lowest BCUT2D eigenvalue weighted by atomic mass is 10.0. The van der Waals surface area contributed by atoms with Gasteiger partial charge in [-0.05, 0) is 54.8 Å². The molecular formula is C41H30N4. The molecule has 1 aliphatic heterocycles. The number of fused-ring (bicyclic) bond motifs is 9. The minimum atomic E-state index is -0.130. The number of rotatable bonds is 2. The summed E-state index contributed by atoms with van der Waals surface area (Å²) in [6, 6.07) is 44.0. The summed E-state index contributed by atoms with van der Waals surface area (Å²) in [6.45, 7) is 0. The largest absolute Gasteiger partial charge is 0.317 e. The standard InChI is InChI=1S/C41H30N4/c1-7-19-34-28(13-1)29-14-2-8-20-35(29)43(34)27-25-40(44-36-21-9-3-15-30(36)31-16-4-10-22-37(31)44)42-41(26-27)45-38-23-11-5-17-32(38)33-18-6-12-24-39(33)45/h1-5,7-17,19-24,26,40H,6,18,25H2. The fraction of sp³-hybridized carbons (Fsp3) is 0.0976. The zero-order valence-corrected chi connectivity index (χ0v) is 24.8. The lowest BCUT2D eigenvalue weighted by Crippen LogP contribution is -2.22. The van der Waals surface area contributed by atoms with Crippen molar-refractivity contribution in [3.05, 3.63) is 145 Å². The summed E-state index contributed by atoms with van der Waals surface area (Å²) in [5, 5.41) is 6.41. The van der Waals surface area contributed by atoms with Crippen LogP contribution in [0.15, 0.2) is 138 Å². The van der Waals surface area contributed by atoms with E-state index in [-0.39, 0.29) is 6.17 Å². The van der Waals surface area contributed by atoms with E-state index in [0.29, 0.717) is 0 Å². The normalized spacial score (nSPS) is 16.6. The Morgan fingerprint density at radius 3 is 1.62 bits per heavy atom. The molecule has 2 aliphatic rings. The molecule has 0 bridgehead atoms. The number of benzene rings is 5. The highest BCUT2D eigenvalue weighted by atomic mass is 15.2. The second-order valence-electron chi connectivity index (χ2n) is 12.2. The molecule has 0 N–H and O–H groups in total. The predicted octanol–water partition coefficient (Wildman–Crippen LogP) is 10.2. The third kappa shape index (κ3) is 3.51. The Labute approximate surface area is 260 Å². The van der Waals surface area contributed by atoms with E-state index in [1.54, 1.807) is 0 Å². The van der Waals surface area contributed by atoms with Crippen LogP contribution in [0.3, 0.4) is 0 Å². The van der Waals surface area contributed by atoms with Crippen LogP contribution in [-0.4, -0.2) is 19.5 Å². The molecule has 0 radical (unpaired) electrons.